The fourth-order valence-electron chi connectivity index (χ4n) is 4.20. The van der Waals surface area contributed by atoms with E-state index in [0.29, 0.717) is 0 Å². The fourth-order valence-corrected chi connectivity index (χ4v) is 4.20. The summed E-state index contributed by atoms with van der Waals surface area (Å²) in [4.78, 5) is 17.8. The highest BCUT2D eigenvalue weighted by Crippen LogP contribution is 2.51. The van der Waals surface area contributed by atoms with E-state index in [-0.39, 0.29) is 18.1 Å². The van der Waals surface area contributed by atoms with Gasteiger partial charge < -0.3 is 14.4 Å². The molecule has 0 aromatic heterocycles. The second kappa shape index (κ2) is 6.57. The first-order valence-electron chi connectivity index (χ1n) is 9.70. The number of nitrogens with zero attached hydrogens (tertiary/aromatic N) is 2. The van der Waals surface area contributed by atoms with Gasteiger partial charge in [-0.25, -0.2) is 0 Å². The topological polar surface area (TPSA) is 42.0 Å². The number of hydrogen-bond acceptors (Lipinski definition) is 4. The van der Waals surface area contributed by atoms with E-state index in [2.05, 4.69) is 34.1 Å². The van der Waals surface area contributed by atoms with E-state index in [1.807, 2.05) is 24.3 Å². The van der Waals surface area contributed by atoms with E-state index in [4.69, 9.17) is 9.47 Å². The molecule has 1 amide bonds. The maximum atomic E-state index is 13.3. The van der Waals surface area contributed by atoms with Crippen molar-refractivity contribution < 1.29 is 14.3 Å². The van der Waals surface area contributed by atoms with Crippen LogP contribution in [0.15, 0.2) is 48.5 Å². The summed E-state index contributed by atoms with van der Waals surface area (Å²) in [5, 5.41) is 0. The first kappa shape index (κ1) is 16.6. The second-order valence-electron chi connectivity index (χ2n) is 7.70. The van der Waals surface area contributed by atoms with Crippen LogP contribution in [0.3, 0.4) is 0 Å². The van der Waals surface area contributed by atoms with Crippen molar-refractivity contribution in [3.05, 3.63) is 59.7 Å². The Balaban J connectivity index is 1.24. The molecule has 140 valence electrons. The first-order chi connectivity index (χ1) is 13.2. The van der Waals surface area contributed by atoms with Crippen molar-refractivity contribution in [1.82, 2.24) is 9.80 Å². The van der Waals surface area contributed by atoms with Crippen LogP contribution in [0.1, 0.15) is 24.0 Å². The summed E-state index contributed by atoms with van der Waals surface area (Å²) >= 11 is 0. The number of amides is 1. The molecule has 1 aliphatic carbocycles. The summed E-state index contributed by atoms with van der Waals surface area (Å²) in [6, 6.07) is 16.5. The normalized spacial score (nSPS) is 20.5. The molecule has 0 spiro atoms. The van der Waals surface area contributed by atoms with Crippen LogP contribution < -0.4 is 9.47 Å². The number of rotatable bonds is 4. The Morgan fingerprint density at radius 1 is 0.926 bits per heavy atom. The Labute approximate surface area is 159 Å². The number of carbonyl (C=O) groups is 1. The van der Waals surface area contributed by atoms with E-state index < -0.39 is 0 Å². The van der Waals surface area contributed by atoms with Gasteiger partial charge in [-0.1, -0.05) is 36.4 Å². The minimum atomic E-state index is -0.345. The Kier molecular flexibility index (Phi) is 4.05. The number of fused-ring (bicyclic) bond motifs is 1. The van der Waals surface area contributed by atoms with Gasteiger partial charge in [0.2, 0.25) is 12.7 Å². The van der Waals surface area contributed by atoms with Gasteiger partial charge in [-0.3, -0.25) is 9.69 Å². The molecule has 2 aromatic carbocycles. The van der Waals surface area contributed by atoms with Gasteiger partial charge in [0.1, 0.15) is 0 Å². The molecule has 3 aliphatic rings. The molecule has 1 saturated heterocycles. The minimum Gasteiger partial charge on any atom is -0.454 e. The van der Waals surface area contributed by atoms with Crippen LogP contribution in [0.5, 0.6) is 11.5 Å². The average molecular weight is 364 g/mol. The van der Waals surface area contributed by atoms with E-state index >= 15 is 0 Å². The molecule has 27 heavy (non-hydrogen) atoms. The van der Waals surface area contributed by atoms with Gasteiger partial charge in [-0.05, 0) is 36.1 Å². The molecular weight excluding hydrogens is 340 g/mol. The van der Waals surface area contributed by atoms with Crippen molar-refractivity contribution in [2.75, 3.05) is 33.0 Å². The molecule has 0 radical (unpaired) electrons. The third-order valence-corrected chi connectivity index (χ3v) is 5.99. The number of benzene rings is 2. The zero-order valence-electron chi connectivity index (χ0n) is 15.4. The van der Waals surface area contributed by atoms with Crippen LogP contribution in [0, 0.1) is 0 Å². The summed E-state index contributed by atoms with van der Waals surface area (Å²) in [5.41, 5.74) is 2.06. The maximum absolute atomic E-state index is 13.3. The number of piperazine rings is 1. The van der Waals surface area contributed by atoms with Gasteiger partial charge in [0.05, 0.1) is 5.41 Å². The Hall–Kier alpha value is -2.53. The first-order valence-corrected chi connectivity index (χ1v) is 9.70. The largest absolute Gasteiger partial charge is 0.454 e. The second-order valence-corrected chi connectivity index (χ2v) is 7.70. The van der Waals surface area contributed by atoms with Gasteiger partial charge in [0.25, 0.3) is 0 Å². The smallest absolute Gasteiger partial charge is 0.233 e. The predicted octanol–water partition coefficient (Wildman–Crippen LogP) is 2.79. The van der Waals surface area contributed by atoms with Gasteiger partial charge in [0.15, 0.2) is 11.5 Å². The minimum absolute atomic E-state index is 0.267. The van der Waals surface area contributed by atoms with Gasteiger partial charge in [0, 0.05) is 32.7 Å². The SMILES string of the molecule is O=C(N1CCN(Cc2ccccc2)CC1)C1(c2ccc3c(c2)OCO3)CC1. The van der Waals surface area contributed by atoms with Crippen LogP contribution >= 0.6 is 0 Å². The van der Waals surface area contributed by atoms with Crippen molar-refractivity contribution in [3.8, 4) is 11.5 Å². The highest BCUT2D eigenvalue weighted by atomic mass is 16.7. The number of carbonyl (C=O) groups excluding carboxylic acids is 1. The maximum Gasteiger partial charge on any atom is 0.233 e. The molecule has 2 aromatic rings. The van der Waals surface area contributed by atoms with E-state index in [0.717, 1.165) is 62.6 Å². The summed E-state index contributed by atoms with van der Waals surface area (Å²) in [5.74, 6) is 1.82. The van der Waals surface area contributed by atoms with Crippen LogP contribution in [0.2, 0.25) is 0 Å². The summed E-state index contributed by atoms with van der Waals surface area (Å²) in [6.45, 7) is 4.69. The highest BCUT2D eigenvalue weighted by molar-refractivity contribution is 5.91. The lowest BCUT2D eigenvalue weighted by Gasteiger charge is -2.36. The van der Waals surface area contributed by atoms with Gasteiger partial charge in [-0.2, -0.15) is 0 Å². The molecule has 0 N–H and O–H groups in total. The Morgan fingerprint density at radius 2 is 1.67 bits per heavy atom. The van der Waals surface area contributed by atoms with E-state index in [1.165, 1.54) is 5.56 Å². The van der Waals surface area contributed by atoms with Crippen molar-refractivity contribution >= 4 is 5.91 Å². The van der Waals surface area contributed by atoms with E-state index in [9.17, 15) is 4.79 Å². The Bertz CT molecular complexity index is 840. The zero-order chi connectivity index (χ0) is 18.3. The summed E-state index contributed by atoms with van der Waals surface area (Å²) < 4.78 is 10.9. The quantitative estimate of drug-likeness (QED) is 0.837. The molecule has 1 saturated carbocycles. The van der Waals surface area contributed by atoms with Crippen LogP contribution in [-0.2, 0) is 16.8 Å². The lowest BCUT2D eigenvalue weighted by atomic mass is 9.93. The molecule has 0 atom stereocenters. The molecule has 0 bridgehead atoms. The van der Waals surface area contributed by atoms with Crippen LogP contribution in [0.25, 0.3) is 0 Å². The molecule has 5 nitrogen and oxygen atoms in total. The third kappa shape index (κ3) is 3.06. The number of ether oxygens (including phenoxy) is 2. The van der Waals surface area contributed by atoms with Gasteiger partial charge >= 0.3 is 0 Å². The van der Waals surface area contributed by atoms with Crippen molar-refractivity contribution in [3.63, 3.8) is 0 Å². The third-order valence-electron chi connectivity index (χ3n) is 5.99. The van der Waals surface area contributed by atoms with Crippen LogP contribution in [-0.4, -0.2) is 48.7 Å². The van der Waals surface area contributed by atoms with E-state index in [1.54, 1.807) is 0 Å². The number of hydrogen-bond donors (Lipinski definition) is 0. The zero-order valence-corrected chi connectivity index (χ0v) is 15.4. The molecule has 0 unspecified atom stereocenters. The fraction of sp³-hybridized carbons (Fsp3) is 0.409. The van der Waals surface area contributed by atoms with Crippen LogP contribution in [0.4, 0.5) is 0 Å². The van der Waals surface area contributed by atoms with Crippen molar-refractivity contribution in [2.45, 2.75) is 24.8 Å². The average Bonchev–Trinajstić information content (AvgIpc) is 3.39. The Morgan fingerprint density at radius 3 is 2.41 bits per heavy atom. The molecular formula is C22H24N2O3. The molecule has 2 fully saturated rings. The molecule has 2 aliphatic heterocycles. The highest BCUT2D eigenvalue weighted by Gasteiger charge is 2.53. The lowest BCUT2D eigenvalue weighted by molar-refractivity contribution is -0.135. The summed E-state index contributed by atoms with van der Waals surface area (Å²) in [6.07, 6.45) is 1.85. The lowest BCUT2D eigenvalue weighted by Crippen LogP contribution is -2.51. The molecule has 5 heteroatoms. The monoisotopic (exact) mass is 364 g/mol. The van der Waals surface area contributed by atoms with Crippen molar-refractivity contribution in [2.24, 2.45) is 0 Å². The van der Waals surface area contributed by atoms with Crippen molar-refractivity contribution in [1.29, 1.82) is 0 Å². The standard InChI is InChI=1S/C22H24N2O3/c25-21(22(8-9-22)18-6-7-19-20(14-18)27-16-26-19)24-12-10-23(11-13-24)15-17-4-2-1-3-5-17/h1-7,14H,8-13,15-16H2. The molecule has 5 rings (SSSR count). The summed E-state index contributed by atoms with van der Waals surface area (Å²) in [7, 11) is 0. The molecule has 2 heterocycles. The van der Waals surface area contributed by atoms with Gasteiger partial charge in [-0.15, -0.1) is 0 Å². The predicted molar refractivity (Wildman–Crippen MR) is 102 cm³/mol.